The lowest BCUT2D eigenvalue weighted by molar-refractivity contribution is 0.102. The van der Waals surface area contributed by atoms with Crippen molar-refractivity contribution in [3.05, 3.63) is 58.9 Å². The summed E-state index contributed by atoms with van der Waals surface area (Å²) in [5.41, 5.74) is 2.62. The van der Waals surface area contributed by atoms with Gasteiger partial charge in [0.05, 0.1) is 17.6 Å². The number of hydrogen-bond acceptors (Lipinski definition) is 3. The number of halogens is 1. The molecule has 0 aromatic heterocycles. The molecule has 132 valence electrons. The Morgan fingerprint density at radius 3 is 2.60 bits per heavy atom. The number of nitrogens with zero attached hydrogens (tertiary/aromatic N) is 1. The Balaban J connectivity index is 1.88. The molecule has 0 fully saturated rings. The van der Waals surface area contributed by atoms with Crippen LogP contribution < -0.4 is 9.62 Å². The number of rotatable bonds is 3. The molecule has 2 aromatic rings. The zero-order valence-corrected chi connectivity index (χ0v) is 15.0. The van der Waals surface area contributed by atoms with E-state index in [-0.39, 0.29) is 11.7 Å². The molecule has 0 saturated carbocycles. The highest BCUT2D eigenvalue weighted by atomic mass is 32.2. The van der Waals surface area contributed by atoms with Crippen molar-refractivity contribution in [3.63, 3.8) is 0 Å². The fourth-order valence-corrected chi connectivity index (χ4v) is 4.43. The van der Waals surface area contributed by atoms with E-state index >= 15 is 0 Å². The fourth-order valence-electron chi connectivity index (χ4n) is 3.17. The van der Waals surface area contributed by atoms with Gasteiger partial charge in [-0.05, 0) is 61.7 Å². The monoisotopic (exact) mass is 362 g/mol. The van der Waals surface area contributed by atoms with Crippen LogP contribution in [-0.2, 0) is 16.4 Å². The average Bonchev–Trinajstić information content (AvgIpc) is 2.84. The minimum Gasteiger partial charge on any atom is -0.319 e. The summed E-state index contributed by atoms with van der Waals surface area (Å²) in [4.78, 5) is 12.4. The number of nitrogens with one attached hydrogen (secondary N) is 1. The SMILES string of the molecule is Cc1ccc(NC(=O)c2ccc3c(c2)CC(C)N3S(C)(=O)=O)c(F)c1. The van der Waals surface area contributed by atoms with E-state index in [0.29, 0.717) is 17.7 Å². The number of fused-ring (bicyclic) bond motifs is 1. The van der Waals surface area contributed by atoms with Gasteiger partial charge >= 0.3 is 0 Å². The molecule has 0 aliphatic carbocycles. The number of aryl methyl sites for hydroxylation is 1. The number of carbonyl (C=O) groups excluding carboxylic acids is 1. The van der Waals surface area contributed by atoms with Crippen LogP contribution in [0, 0.1) is 12.7 Å². The molecule has 1 amide bonds. The smallest absolute Gasteiger partial charge is 0.255 e. The maximum atomic E-state index is 13.9. The Hall–Kier alpha value is -2.41. The lowest BCUT2D eigenvalue weighted by atomic mass is 10.1. The van der Waals surface area contributed by atoms with Crippen molar-refractivity contribution in [3.8, 4) is 0 Å². The van der Waals surface area contributed by atoms with Crippen LogP contribution in [0.1, 0.15) is 28.4 Å². The third-order valence-corrected chi connectivity index (χ3v) is 5.50. The molecule has 0 bridgehead atoms. The standard InChI is InChI=1S/C18H19FN2O3S/c1-11-4-6-16(15(19)8-11)20-18(22)13-5-7-17-14(10-13)9-12(2)21(17)25(3,23)24/h4-8,10,12H,9H2,1-3H3,(H,20,22). The molecular weight excluding hydrogens is 343 g/mol. The molecule has 1 heterocycles. The van der Waals surface area contributed by atoms with Crippen molar-refractivity contribution in [2.24, 2.45) is 0 Å². The second-order valence-electron chi connectivity index (χ2n) is 6.39. The van der Waals surface area contributed by atoms with Crippen LogP contribution >= 0.6 is 0 Å². The zero-order chi connectivity index (χ0) is 18.4. The summed E-state index contributed by atoms with van der Waals surface area (Å²) in [6.45, 7) is 3.59. The van der Waals surface area contributed by atoms with Gasteiger partial charge in [-0.2, -0.15) is 0 Å². The number of anilines is 2. The lowest BCUT2D eigenvalue weighted by Gasteiger charge is -2.21. The number of sulfonamides is 1. The molecule has 1 atom stereocenters. The topological polar surface area (TPSA) is 66.5 Å². The van der Waals surface area contributed by atoms with Crippen molar-refractivity contribution in [1.29, 1.82) is 0 Å². The second-order valence-corrected chi connectivity index (χ2v) is 8.25. The van der Waals surface area contributed by atoms with Crippen molar-refractivity contribution in [2.45, 2.75) is 26.3 Å². The van der Waals surface area contributed by atoms with Crippen molar-refractivity contribution in [1.82, 2.24) is 0 Å². The molecule has 0 saturated heterocycles. The highest BCUT2D eigenvalue weighted by Crippen LogP contribution is 2.34. The minimum absolute atomic E-state index is 0.113. The summed E-state index contributed by atoms with van der Waals surface area (Å²) in [5.74, 6) is -0.928. The molecule has 0 spiro atoms. The van der Waals surface area contributed by atoms with Gasteiger partial charge in [0.25, 0.3) is 5.91 Å². The van der Waals surface area contributed by atoms with Gasteiger partial charge in [0.1, 0.15) is 5.82 Å². The number of amides is 1. The number of benzene rings is 2. The molecule has 1 aliphatic heterocycles. The summed E-state index contributed by atoms with van der Waals surface area (Å²) in [6, 6.07) is 9.23. The third-order valence-electron chi connectivity index (χ3n) is 4.22. The molecule has 3 rings (SSSR count). The third kappa shape index (κ3) is 3.37. The Morgan fingerprint density at radius 1 is 1.24 bits per heavy atom. The first-order chi connectivity index (χ1) is 11.7. The Morgan fingerprint density at radius 2 is 1.96 bits per heavy atom. The molecule has 25 heavy (non-hydrogen) atoms. The maximum absolute atomic E-state index is 13.9. The summed E-state index contributed by atoms with van der Waals surface area (Å²) in [7, 11) is -3.37. The molecule has 1 N–H and O–H groups in total. The van der Waals surface area contributed by atoms with Crippen LogP contribution in [0.2, 0.25) is 0 Å². The van der Waals surface area contributed by atoms with Gasteiger partial charge in [0, 0.05) is 11.6 Å². The normalized spacial score (nSPS) is 16.6. The molecular formula is C18H19FN2O3S. The van der Waals surface area contributed by atoms with E-state index in [0.717, 1.165) is 11.1 Å². The van der Waals surface area contributed by atoms with Gasteiger partial charge in [-0.1, -0.05) is 6.07 Å². The second kappa shape index (κ2) is 6.15. The van der Waals surface area contributed by atoms with Gasteiger partial charge in [0.2, 0.25) is 10.0 Å². The largest absolute Gasteiger partial charge is 0.319 e. The molecule has 2 aromatic carbocycles. The van der Waals surface area contributed by atoms with Crippen LogP contribution in [0.15, 0.2) is 36.4 Å². The van der Waals surface area contributed by atoms with E-state index in [1.165, 1.54) is 22.7 Å². The Kier molecular flexibility index (Phi) is 4.28. The van der Waals surface area contributed by atoms with Crippen molar-refractivity contribution < 1.29 is 17.6 Å². The predicted molar refractivity (Wildman–Crippen MR) is 96.0 cm³/mol. The van der Waals surface area contributed by atoms with Gasteiger partial charge in [-0.3, -0.25) is 9.10 Å². The molecule has 0 radical (unpaired) electrons. The van der Waals surface area contributed by atoms with Crippen LogP contribution in [0.4, 0.5) is 15.8 Å². The summed E-state index contributed by atoms with van der Waals surface area (Å²) < 4.78 is 39.1. The highest BCUT2D eigenvalue weighted by Gasteiger charge is 2.32. The minimum atomic E-state index is -3.37. The number of hydrogen-bond donors (Lipinski definition) is 1. The first kappa shape index (κ1) is 17.4. The molecule has 5 nitrogen and oxygen atoms in total. The van der Waals surface area contributed by atoms with Gasteiger partial charge in [-0.15, -0.1) is 0 Å². The average molecular weight is 362 g/mol. The summed E-state index contributed by atoms with van der Waals surface area (Å²) in [6.07, 6.45) is 1.70. The van der Waals surface area contributed by atoms with Crippen molar-refractivity contribution >= 4 is 27.3 Å². The fraction of sp³-hybridized carbons (Fsp3) is 0.278. The van der Waals surface area contributed by atoms with Crippen molar-refractivity contribution in [2.75, 3.05) is 15.9 Å². The van der Waals surface area contributed by atoms with Crippen LogP contribution in [0.3, 0.4) is 0 Å². The van der Waals surface area contributed by atoms with Gasteiger partial charge in [-0.25, -0.2) is 12.8 Å². The van der Waals surface area contributed by atoms with E-state index < -0.39 is 21.7 Å². The first-order valence-corrected chi connectivity index (χ1v) is 9.71. The summed E-state index contributed by atoms with van der Waals surface area (Å²) >= 11 is 0. The highest BCUT2D eigenvalue weighted by molar-refractivity contribution is 7.92. The van der Waals surface area contributed by atoms with E-state index in [2.05, 4.69) is 5.32 Å². The van der Waals surface area contributed by atoms with Crippen LogP contribution in [0.5, 0.6) is 0 Å². The number of carbonyl (C=O) groups is 1. The quantitative estimate of drug-likeness (QED) is 0.912. The molecule has 7 heteroatoms. The van der Waals surface area contributed by atoms with Gasteiger partial charge < -0.3 is 5.32 Å². The predicted octanol–water partition coefficient (Wildman–Crippen LogP) is 3.10. The zero-order valence-electron chi connectivity index (χ0n) is 14.2. The van der Waals surface area contributed by atoms with E-state index in [9.17, 15) is 17.6 Å². The van der Waals surface area contributed by atoms with E-state index in [1.807, 2.05) is 6.92 Å². The van der Waals surface area contributed by atoms with Crippen LogP contribution in [-0.4, -0.2) is 26.6 Å². The first-order valence-electron chi connectivity index (χ1n) is 7.86. The lowest BCUT2D eigenvalue weighted by Crippen LogP contribution is -2.34. The van der Waals surface area contributed by atoms with E-state index in [4.69, 9.17) is 0 Å². The summed E-state index contributed by atoms with van der Waals surface area (Å²) in [5, 5.41) is 2.55. The maximum Gasteiger partial charge on any atom is 0.255 e. The van der Waals surface area contributed by atoms with Crippen LogP contribution in [0.25, 0.3) is 0 Å². The molecule has 1 aliphatic rings. The Bertz CT molecular complexity index is 957. The van der Waals surface area contributed by atoms with Gasteiger partial charge in [0.15, 0.2) is 0 Å². The molecule has 1 unspecified atom stereocenters. The van der Waals surface area contributed by atoms with E-state index in [1.54, 1.807) is 31.2 Å². The Labute approximate surface area is 146 Å².